The number of nitrogens with one attached hydrogen (secondary N) is 1. The minimum atomic E-state index is -0.752. The molecule has 1 saturated heterocycles. The molecule has 1 fully saturated rings. The lowest BCUT2D eigenvalue weighted by Crippen LogP contribution is -2.51. The van der Waals surface area contributed by atoms with Crippen molar-refractivity contribution in [3.8, 4) is 0 Å². The maximum Gasteiger partial charge on any atom is 0.320 e. The van der Waals surface area contributed by atoms with Gasteiger partial charge in [0, 0.05) is 12.6 Å². The van der Waals surface area contributed by atoms with Crippen molar-refractivity contribution in [3.05, 3.63) is 0 Å². The van der Waals surface area contributed by atoms with Gasteiger partial charge >= 0.3 is 5.97 Å². The average Bonchev–Trinajstić information content (AvgIpc) is 2.35. The first-order valence-corrected chi connectivity index (χ1v) is 6.69. The zero-order chi connectivity index (χ0) is 12.9. The molecule has 1 aliphatic heterocycles. The first-order valence-electron chi connectivity index (χ1n) is 6.69. The molecule has 1 heterocycles. The van der Waals surface area contributed by atoms with Crippen LogP contribution in [0.2, 0.25) is 0 Å². The molecule has 1 aliphatic rings. The summed E-state index contributed by atoms with van der Waals surface area (Å²) in [5.74, 6) is -0.752. The van der Waals surface area contributed by atoms with Gasteiger partial charge in [-0.25, -0.2) is 0 Å². The van der Waals surface area contributed by atoms with Gasteiger partial charge in [-0.05, 0) is 32.1 Å². The van der Waals surface area contributed by atoms with E-state index in [4.69, 9.17) is 9.84 Å². The van der Waals surface area contributed by atoms with E-state index in [9.17, 15) is 4.79 Å². The maximum absolute atomic E-state index is 11.0. The molecule has 0 spiro atoms. The number of rotatable bonds is 6. The molecule has 0 aromatic rings. The van der Waals surface area contributed by atoms with Crippen molar-refractivity contribution in [2.75, 3.05) is 6.61 Å². The van der Waals surface area contributed by atoms with Gasteiger partial charge in [-0.1, -0.05) is 20.8 Å². The molecule has 0 radical (unpaired) electrons. The molecule has 0 aromatic heterocycles. The van der Waals surface area contributed by atoms with Crippen LogP contribution in [0, 0.1) is 0 Å². The van der Waals surface area contributed by atoms with Gasteiger partial charge in [0.25, 0.3) is 0 Å². The topological polar surface area (TPSA) is 58.6 Å². The van der Waals surface area contributed by atoms with E-state index >= 15 is 0 Å². The van der Waals surface area contributed by atoms with Crippen molar-refractivity contribution < 1.29 is 14.6 Å². The maximum atomic E-state index is 11.0. The quantitative estimate of drug-likeness (QED) is 0.750. The van der Waals surface area contributed by atoms with Crippen LogP contribution in [0.15, 0.2) is 0 Å². The summed E-state index contributed by atoms with van der Waals surface area (Å²) in [6, 6.07) is -0.158. The number of hydrogen-bond acceptors (Lipinski definition) is 3. The summed E-state index contributed by atoms with van der Waals surface area (Å²) in [7, 11) is 0. The molecule has 17 heavy (non-hydrogen) atoms. The van der Waals surface area contributed by atoms with Gasteiger partial charge in [-0.15, -0.1) is 0 Å². The highest BCUT2D eigenvalue weighted by Gasteiger charge is 2.35. The first-order chi connectivity index (χ1) is 8.06. The molecule has 0 amide bonds. The molecule has 100 valence electrons. The minimum absolute atomic E-state index is 0.0489. The Bertz CT molecular complexity index is 251. The van der Waals surface area contributed by atoms with Crippen molar-refractivity contribution in [1.82, 2.24) is 5.32 Å². The number of aliphatic carboxylic acids is 1. The zero-order valence-electron chi connectivity index (χ0n) is 11.2. The van der Waals surface area contributed by atoms with Crippen LogP contribution in [-0.2, 0) is 9.53 Å². The molecular formula is C13H25NO3. The van der Waals surface area contributed by atoms with Crippen LogP contribution in [-0.4, -0.2) is 35.4 Å². The van der Waals surface area contributed by atoms with Crippen LogP contribution in [0.3, 0.4) is 0 Å². The fraction of sp³-hybridized carbons (Fsp3) is 0.923. The van der Waals surface area contributed by atoms with Crippen LogP contribution in [0.25, 0.3) is 0 Å². The monoisotopic (exact) mass is 243 g/mol. The normalized spacial score (nSPS) is 25.5. The van der Waals surface area contributed by atoms with Gasteiger partial charge in [-0.2, -0.15) is 0 Å². The Morgan fingerprint density at radius 3 is 2.59 bits per heavy atom. The van der Waals surface area contributed by atoms with E-state index in [0.29, 0.717) is 6.42 Å². The third-order valence-electron chi connectivity index (χ3n) is 3.92. The molecule has 4 nitrogen and oxygen atoms in total. The third-order valence-corrected chi connectivity index (χ3v) is 3.92. The molecule has 0 aliphatic carbocycles. The molecule has 0 aromatic carbocycles. The predicted octanol–water partition coefficient (Wildman–Crippen LogP) is 2.18. The van der Waals surface area contributed by atoms with Crippen LogP contribution in [0.5, 0.6) is 0 Å². The predicted molar refractivity (Wildman–Crippen MR) is 67.1 cm³/mol. The van der Waals surface area contributed by atoms with Gasteiger partial charge in [0.2, 0.25) is 0 Å². The first kappa shape index (κ1) is 14.5. The van der Waals surface area contributed by atoms with Crippen molar-refractivity contribution in [3.63, 3.8) is 0 Å². The molecule has 2 N–H and O–H groups in total. The summed E-state index contributed by atoms with van der Waals surface area (Å²) in [5.41, 5.74) is -0.0489. The summed E-state index contributed by atoms with van der Waals surface area (Å²) in [6.07, 6.45) is 4.43. The molecular weight excluding hydrogens is 218 g/mol. The number of carboxylic acids is 1. The minimum Gasteiger partial charge on any atom is -0.480 e. The number of ether oxygens (including phenoxy) is 1. The number of carbonyl (C=O) groups is 1. The molecule has 4 heteroatoms. The van der Waals surface area contributed by atoms with E-state index in [1.165, 1.54) is 0 Å². The Balaban J connectivity index is 2.57. The summed E-state index contributed by atoms with van der Waals surface area (Å²) in [6.45, 7) is 6.91. The second-order valence-electron chi connectivity index (χ2n) is 4.89. The van der Waals surface area contributed by atoms with E-state index in [0.717, 1.165) is 32.3 Å². The van der Waals surface area contributed by atoms with Crippen LogP contribution in [0.1, 0.15) is 52.9 Å². The second-order valence-corrected chi connectivity index (χ2v) is 4.89. The lowest BCUT2D eigenvalue weighted by Gasteiger charge is -2.41. The molecule has 0 bridgehead atoms. The molecule has 2 atom stereocenters. The summed E-state index contributed by atoms with van der Waals surface area (Å²) >= 11 is 0. The average molecular weight is 243 g/mol. The highest BCUT2D eigenvalue weighted by molar-refractivity contribution is 5.73. The van der Waals surface area contributed by atoms with E-state index in [2.05, 4.69) is 19.2 Å². The highest BCUT2D eigenvalue weighted by atomic mass is 16.5. The second kappa shape index (κ2) is 6.36. The smallest absolute Gasteiger partial charge is 0.320 e. The van der Waals surface area contributed by atoms with Gasteiger partial charge in [0.05, 0.1) is 5.60 Å². The lowest BCUT2D eigenvalue weighted by molar-refractivity contribution is -0.141. The van der Waals surface area contributed by atoms with E-state index in [1.54, 1.807) is 0 Å². The highest BCUT2D eigenvalue weighted by Crippen LogP contribution is 2.31. The van der Waals surface area contributed by atoms with Crippen molar-refractivity contribution in [2.24, 2.45) is 0 Å². The van der Waals surface area contributed by atoms with Crippen molar-refractivity contribution in [1.29, 1.82) is 0 Å². The molecule has 2 unspecified atom stereocenters. The van der Waals surface area contributed by atoms with E-state index in [-0.39, 0.29) is 11.6 Å². The molecule has 1 rings (SSSR count). The van der Waals surface area contributed by atoms with Gasteiger partial charge in [-0.3, -0.25) is 4.79 Å². The van der Waals surface area contributed by atoms with E-state index < -0.39 is 12.0 Å². The van der Waals surface area contributed by atoms with E-state index in [1.807, 2.05) is 6.92 Å². The van der Waals surface area contributed by atoms with Crippen LogP contribution < -0.4 is 5.32 Å². The Morgan fingerprint density at radius 1 is 1.47 bits per heavy atom. The standard InChI is InChI=1S/C13H25NO3/c1-4-11(12(15)16)14-10-7-8-17-13(5-2,6-3)9-10/h10-11,14H,4-9H2,1-3H3,(H,15,16). The molecule has 0 saturated carbocycles. The van der Waals surface area contributed by atoms with Crippen LogP contribution >= 0.6 is 0 Å². The fourth-order valence-corrected chi connectivity index (χ4v) is 2.56. The Labute approximate surface area is 104 Å². The van der Waals surface area contributed by atoms with Crippen molar-refractivity contribution in [2.45, 2.75) is 70.6 Å². The van der Waals surface area contributed by atoms with Gasteiger partial charge in [0.1, 0.15) is 6.04 Å². The lowest BCUT2D eigenvalue weighted by atomic mass is 9.85. The summed E-state index contributed by atoms with van der Waals surface area (Å²) in [5, 5.41) is 12.3. The number of hydrogen-bond donors (Lipinski definition) is 2. The van der Waals surface area contributed by atoms with Crippen LogP contribution in [0.4, 0.5) is 0 Å². The Kier molecular flexibility index (Phi) is 5.40. The zero-order valence-corrected chi connectivity index (χ0v) is 11.2. The summed E-state index contributed by atoms with van der Waals surface area (Å²) < 4.78 is 5.88. The fourth-order valence-electron chi connectivity index (χ4n) is 2.56. The SMILES string of the molecule is CCC(NC1CCOC(CC)(CC)C1)C(=O)O. The Hall–Kier alpha value is -0.610. The largest absolute Gasteiger partial charge is 0.480 e. The van der Waals surface area contributed by atoms with Gasteiger partial charge < -0.3 is 15.2 Å². The Morgan fingerprint density at radius 2 is 2.12 bits per heavy atom. The third kappa shape index (κ3) is 3.68. The summed E-state index contributed by atoms with van der Waals surface area (Å²) in [4.78, 5) is 11.0. The number of carboxylic acid groups (broad SMARTS) is 1. The van der Waals surface area contributed by atoms with Gasteiger partial charge in [0.15, 0.2) is 0 Å². The van der Waals surface area contributed by atoms with Crippen molar-refractivity contribution >= 4 is 5.97 Å².